The average molecular weight is 243 g/mol. The Balaban J connectivity index is 2.39. The summed E-state index contributed by atoms with van der Waals surface area (Å²) in [5, 5.41) is 14.3. The summed E-state index contributed by atoms with van der Waals surface area (Å²) in [6, 6.07) is -0.494. The summed E-state index contributed by atoms with van der Waals surface area (Å²) >= 11 is 0. The van der Waals surface area contributed by atoms with E-state index in [9.17, 15) is 14.7 Å². The molecule has 3 amide bonds. The molecule has 0 aromatic carbocycles. The summed E-state index contributed by atoms with van der Waals surface area (Å²) in [5.41, 5.74) is 0. The molecule has 1 fully saturated rings. The number of aliphatic hydroxyl groups is 1. The fourth-order valence-corrected chi connectivity index (χ4v) is 2.18. The van der Waals surface area contributed by atoms with Crippen LogP contribution in [0, 0.1) is 0 Å². The zero-order chi connectivity index (χ0) is 12.8. The van der Waals surface area contributed by atoms with Gasteiger partial charge in [-0.15, -0.1) is 0 Å². The van der Waals surface area contributed by atoms with Gasteiger partial charge in [0, 0.05) is 13.1 Å². The Morgan fingerprint density at radius 2 is 2.00 bits per heavy atom. The van der Waals surface area contributed by atoms with Crippen LogP contribution in [0.3, 0.4) is 0 Å². The lowest BCUT2D eigenvalue weighted by molar-refractivity contribution is -0.122. The number of hydrogen-bond acceptors (Lipinski definition) is 4. The lowest BCUT2D eigenvalue weighted by Gasteiger charge is -2.34. The third-order valence-electron chi connectivity index (χ3n) is 3.13. The van der Waals surface area contributed by atoms with Gasteiger partial charge in [0.25, 0.3) is 0 Å². The van der Waals surface area contributed by atoms with Crippen molar-refractivity contribution in [2.45, 2.75) is 37.8 Å². The fourth-order valence-electron chi connectivity index (χ4n) is 2.18. The predicted octanol–water partition coefficient (Wildman–Crippen LogP) is -0.323. The maximum Gasteiger partial charge on any atom is 0.321 e. The second-order valence-corrected chi connectivity index (χ2v) is 4.46. The summed E-state index contributed by atoms with van der Waals surface area (Å²) in [6.07, 6.45) is 3.41. The Labute approximate surface area is 101 Å². The van der Waals surface area contributed by atoms with Gasteiger partial charge in [0.2, 0.25) is 5.91 Å². The van der Waals surface area contributed by atoms with E-state index >= 15 is 0 Å². The summed E-state index contributed by atoms with van der Waals surface area (Å²) < 4.78 is 0. The van der Waals surface area contributed by atoms with Gasteiger partial charge >= 0.3 is 6.03 Å². The number of rotatable bonds is 3. The molecule has 17 heavy (non-hydrogen) atoms. The van der Waals surface area contributed by atoms with E-state index < -0.39 is 6.03 Å². The van der Waals surface area contributed by atoms with Crippen LogP contribution in [0.5, 0.6) is 0 Å². The van der Waals surface area contributed by atoms with E-state index in [-0.39, 0.29) is 24.6 Å². The molecular formula is C11H21N3O3. The molecule has 1 aliphatic carbocycles. The number of carbonyl (C=O) groups excluding carboxylic acids is 2. The minimum absolute atomic E-state index is 0.0131. The molecule has 0 aromatic rings. The summed E-state index contributed by atoms with van der Waals surface area (Å²) in [4.78, 5) is 24.2. The van der Waals surface area contributed by atoms with Gasteiger partial charge in [-0.3, -0.25) is 15.0 Å². The van der Waals surface area contributed by atoms with Gasteiger partial charge in [-0.2, -0.15) is 0 Å². The van der Waals surface area contributed by atoms with Crippen molar-refractivity contribution in [1.29, 1.82) is 0 Å². The number of nitrogens with zero attached hydrogens (tertiary/aromatic N) is 1. The Morgan fingerprint density at radius 1 is 1.35 bits per heavy atom. The largest absolute Gasteiger partial charge is 0.391 e. The number of aliphatic hydroxyl groups excluding tert-OH is 1. The van der Waals surface area contributed by atoms with Gasteiger partial charge in [0.1, 0.15) is 0 Å². The number of urea groups is 1. The highest BCUT2D eigenvalue weighted by atomic mass is 16.3. The van der Waals surface area contributed by atoms with Crippen molar-refractivity contribution < 1.29 is 14.7 Å². The highest BCUT2D eigenvalue weighted by molar-refractivity contribution is 5.95. The molecule has 0 saturated heterocycles. The van der Waals surface area contributed by atoms with Crippen LogP contribution in [-0.4, -0.2) is 54.7 Å². The maximum absolute atomic E-state index is 11.5. The molecule has 0 heterocycles. The molecule has 1 saturated carbocycles. The van der Waals surface area contributed by atoms with Crippen molar-refractivity contribution in [2.75, 3.05) is 20.6 Å². The standard InChI is InChI=1S/C11H21N3O3/c1-12-11(17)13-10(16)7-14(2)8-5-3-4-6-9(8)15/h8-9,15H,3-7H2,1-2H3,(H2,12,13,16,17). The van der Waals surface area contributed by atoms with E-state index in [4.69, 9.17) is 0 Å². The van der Waals surface area contributed by atoms with Gasteiger partial charge in [-0.05, 0) is 19.9 Å². The monoisotopic (exact) mass is 243 g/mol. The normalized spacial score (nSPS) is 24.5. The minimum Gasteiger partial charge on any atom is -0.391 e. The van der Waals surface area contributed by atoms with Crippen LogP contribution in [0.1, 0.15) is 25.7 Å². The molecule has 0 aliphatic heterocycles. The molecule has 2 unspecified atom stereocenters. The van der Waals surface area contributed by atoms with Gasteiger partial charge in [0.15, 0.2) is 0 Å². The Morgan fingerprint density at radius 3 is 2.59 bits per heavy atom. The first-order chi connectivity index (χ1) is 8.04. The number of nitrogens with one attached hydrogen (secondary N) is 2. The van der Waals surface area contributed by atoms with Crippen LogP contribution < -0.4 is 10.6 Å². The van der Waals surface area contributed by atoms with Crippen molar-refractivity contribution in [3.8, 4) is 0 Å². The summed E-state index contributed by atoms with van der Waals surface area (Å²) in [6.45, 7) is 0.120. The quantitative estimate of drug-likeness (QED) is 0.634. The van der Waals surface area contributed by atoms with Crippen molar-refractivity contribution in [3.63, 3.8) is 0 Å². The number of amides is 3. The third kappa shape index (κ3) is 4.32. The lowest BCUT2D eigenvalue weighted by atomic mass is 9.91. The van der Waals surface area contributed by atoms with E-state index in [1.54, 1.807) is 7.05 Å². The van der Waals surface area contributed by atoms with E-state index in [0.717, 1.165) is 25.7 Å². The predicted molar refractivity (Wildman–Crippen MR) is 63.5 cm³/mol. The van der Waals surface area contributed by atoms with Crippen LogP contribution in [0.25, 0.3) is 0 Å². The molecule has 6 nitrogen and oxygen atoms in total. The van der Waals surface area contributed by atoms with Crippen molar-refractivity contribution in [2.24, 2.45) is 0 Å². The molecule has 0 bridgehead atoms. The van der Waals surface area contributed by atoms with Gasteiger partial charge in [-0.25, -0.2) is 4.79 Å². The molecule has 0 aromatic heterocycles. The summed E-state index contributed by atoms with van der Waals surface area (Å²) in [7, 11) is 3.25. The molecule has 0 radical (unpaired) electrons. The molecule has 0 spiro atoms. The van der Waals surface area contributed by atoms with E-state index in [1.807, 2.05) is 4.90 Å². The van der Waals surface area contributed by atoms with Crippen LogP contribution in [0.15, 0.2) is 0 Å². The number of imide groups is 1. The second-order valence-electron chi connectivity index (χ2n) is 4.46. The zero-order valence-electron chi connectivity index (χ0n) is 10.4. The van der Waals surface area contributed by atoms with Crippen LogP contribution in [0.4, 0.5) is 4.79 Å². The van der Waals surface area contributed by atoms with Crippen molar-refractivity contribution in [1.82, 2.24) is 15.5 Å². The Kier molecular flexibility index (Phi) is 5.37. The highest BCUT2D eigenvalue weighted by Crippen LogP contribution is 2.21. The highest BCUT2D eigenvalue weighted by Gasteiger charge is 2.27. The molecule has 2 atom stereocenters. The SMILES string of the molecule is CNC(=O)NC(=O)CN(C)C1CCCCC1O. The molecule has 1 rings (SSSR count). The van der Waals surface area contributed by atoms with Crippen molar-refractivity contribution in [3.05, 3.63) is 0 Å². The molecule has 98 valence electrons. The van der Waals surface area contributed by atoms with Gasteiger partial charge in [0.05, 0.1) is 12.6 Å². The zero-order valence-corrected chi connectivity index (χ0v) is 10.4. The number of hydrogen-bond donors (Lipinski definition) is 3. The average Bonchev–Trinajstić information content (AvgIpc) is 2.29. The lowest BCUT2D eigenvalue weighted by Crippen LogP contribution is -2.49. The van der Waals surface area contributed by atoms with E-state index in [0.29, 0.717) is 0 Å². The van der Waals surface area contributed by atoms with Crippen LogP contribution >= 0.6 is 0 Å². The van der Waals surface area contributed by atoms with Crippen LogP contribution in [-0.2, 0) is 4.79 Å². The fraction of sp³-hybridized carbons (Fsp3) is 0.818. The molecule has 1 aliphatic rings. The smallest absolute Gasteiger partial charge is 0.321 e. The minimum atomic E-state index is -0.507. The Bertz CT molecular complexity index is 283. The van der Waals surface area contributed by atoms with Crippen molar-refractivity contribution >= 4 is 11.9 Å². The van der Waals surface area contributed by atoms with Gasteiger partial charge < -0.3 is 10.4 Å². The molecule has 3 N–H and O–H groups in total. The second kappa shape index (κ2) is 6.56. The number of likely N-dealkylation sites (N-methyl/N-ethyl adjacent to an activating group) is 1. The summed E-state index contributed by atoms with van der Waals surface area (Å²) in [5.74, 6) is -0.357. The number of carbonyl (C=O) groups is 2. The topological polar surface area (TPSA) is 81.7 Å². The molecular weight excluding hydrogens is 222 g/mol. The Hall–Kier alpha value is -1.14. The third-order valence-corrected chi connectivity index (χ3v) is 3.13. The van der Waals surface area contributed by atoms with E-state index in [2.05, 4.69) is 10.6 Å². The van der Waals surface area contributed by atoms with E-state index in [1.165, 1.54) is 7.05 Å². The molecule has 6 heteroatoms. The first kappa shape index (κ1) is 13.9. The van der Waals surface area contributed by atoms with Crippen LogP contribution in [0.2, 0.25) is 0 Å². The maximum atomic E-state index is 11.5. The first-order valence-electron chi connectivity index (χ1n) is 5.94. The first-order valence-corrected chi connectivity index (χ1v) is 5.94. The van der Waals surface area contributed by atoms with Gasteiger partial charge in [-0.1, -0.05) is 12.8 Å².